The van der Waals surface area contributed by atoms with Crippen molar-refractivity contribution < 1.29 is 9.59 Å². The highest BCUT2D eigenvalue weighted by atomic mass is 16.1. The van der Waals surface area contributed by atoms with Crippen LogP contribution in [0.5, 0.6) is 0 Å². The third-order valence-corrected chi connectivity index (χ3v) is 3.44. The van der Waals surface area contributed by atoms with E-state index < -0.39 is 0 Å². The molecule has 1 saturated heterocycles. The maximum atomic E-state index is 11.8. The lowest BCUT2D eigenvalue weighted by atomic mass is 10.1. The Morgan fingerprint density at radius 3 is 2.95 bits per heavy atom. The second-order valence-electron chi connectivity index (χ2n) is 5.02. The van der Waals surface area contributed by atoms with Gasteiger partial charge in [0.2, 0.25) is 5.91 Å². The first-order chi connectivity index (χ1) is 9.15. The summed E-state index contributed by atoms with van der Waals surface area (Å²) in [6.07, 6.45) is 3.75. The standard InChI is InChI=1S/C15H20N2O2/c1-11(18)12-4-2-5-14(10-12)17-15(19)8-7-13-6-3-9-16-13/h2,4-5,10,13,16H,3,6-9H2,1H3,(H,17,19). The summed E-state index contributed by atoms with van der Waals surface area (Å²) in [6.45, 7) is 2.58. The number of ketones is 1. The third-order valence-electron chi connectivity index (χ3n) is 3.44. The zero-order valence-electron chi connectivity index (χ0n) is 11.2. The molecule has 1 unspecified atom stereocenters. The van der Waals surface area contributed by atoms with Gasteiger partial charge in [0.1, 0.15) is 0 Å². The maximum Gasteiger partial charge on any atom is 0.224 e. The number of benzene rings is 1. The maximum absolute atomic E-state index is 11.8. The second kappa shape index (κ2) is 6.48. The van der Waals surface area contributed by atoms with Crippen molar-refractivity contribution in [3.63, 3.8) is 0 Å². The predicted molar refractivity (Wildman–Crippen MR) is 75.3 cm³/mol. The molecular formula is C15H20N2O2. The van der Waals surface area contributed by atoms with E-state index in [2.05, 4.69) is 10.6 Å². The van der Waals surface area contributed by atoms with Gasteiger partial charge in [0.15, 0.2) is 5.78 Å². The van der Waals surface area contributed by atoms with Crippen LogP contribution in [-0.2, 0) is 4.79 Å². The zero-order valence-corrected chi connectivity index (χ0v) is 11.2. The Morgan fingerprint density at radius 1 is 1.42 bits per heavy atom. The van der Waals surface area contributed by atoms with Gasteiger partial charge in [0, 0.05) is 23.7 Å². The summed E-state index contributed by atoms with van der Waals surface area (Å²) in [5.74, 6) is 0.0145. The van der Waals surface area contributed by atoms with E-state index in [9.17, 15) is 9.59 Å². The molecule has 1 aromatic carbocycles. The zero-order chi connectivity index (χ0) is 13.7. The van der Waals surface area contributed by atoms with Gasteiger partial charge in [-0.1, -0.05) is 12.1 Å². The summed E-state index contributed by atoms with van der Waals surface area (Å²) in [5.41, 5.74) is 1.31. The minimum Gasteiger partial charge on any atom is -0.326 e. The molecule has 102 valence electrons. The number of hydrogen-bond acceptors (Lipinski definition) is 3. The fourth-order valence-electron chi connectivity index (χ4n) is 2.35. The van der Waals surface area contributed by atoms with E-state index in [1.54, 1.807) is 24.3 Å². The highest BCUT2D eigenvalue weighted by molar-refractivity contribution is 5.97. The number of Topliss-reactive ketones (excluding diaryl/α,β-unsaturated/α-hetero) is 1. The summed E-state index contributed by atoms with van der Waals surface area (Å²) in [5, 5.41) is 6.22. The molecule has 0 aromatic heterocycles. The Balaban J connectivity index is 1.84. The van der Waals surface area contributed by atoms with Crippen molar-refractivity contribution in [2.75, 3.05) is 11.9 Å². The van der Waals surface area contributed by atoms with Crippen molar-refractivity contribution in [2.45, 2.75) is 38.6 Å². The highest BCUT2D eigenvalue weighted by Gasteiger charge is 2.15. The van der Waals surface area contributed by atoms with Crippen LogP contribution in [0.4, 0.5) is 5.69 Å². The second-order valence-corrected chi connectivity index (χ2v) is 5.02. The van der Waals surface area contributed by atoms with E-state index in [1.807, 2.05) is 0 Å². The number of nitrogens with one attached hydrogen (secondary N) is 2. The molecule has 0 bridgehead atoms. The van der Waals surface area contributed by atoms with Gasteiger partial charge in [-0.15, -0.1) is 0 Å². The van der Waals surface area contributed by atoms with Gasteiger partial charge in [-0.2, -0.15) is 0 Å². The molecular weight excluding hydrogens is 240 g/mol. The number of anilines is 1. The lowest BCUT2D eigenvalue weighted by Gasteiger charge is -2.10. The molecule has 0 spiro atoms. The van der Waals surface area contributed by atoms with E-state index >= 15 is 0 Å². The smallest absolute Gasteiger partial charge is 0.224 e. The van der Waals surface area contributed by atoms with Gasteiger partial charge in [-0.05, 0) is 44.9 Å². The molecule has 4 heteroatoms. The first kappa shape index (κ1) is 13.7. The van der Waals surface area contributed by atoms with Crippen molar-refractivity contribution in [3.8, 4) is 0 Å². The summed E-state index contributed by atoms with van der Waals surface area (Å²) >= 11 is 0. The lowest BCUT2D eigenvalue weighted by molar-refractivity contribution is -0.116. The van der Waals surface area contributed by atoms with E-state index in [-0.39, 0.29) is 11.7 Å². The molecule has 2 N–H and O–H groups in total. The first-order valence-corrected chi connectivity index (χ1v) is 6.79. The van der Waals surface area contributed by atoms with Crippen molar-refractivity contribution in [1.29, 1.82) is 0 Å². The van der Waals surface area contributed by atoms with Gasteiger partial charge in [-0.3, -0.25) is 9.59 Å². The van der Waals surface area contributed by atoms with Crippen molar-refractivity contribution in [1.82, 2.24) is 5.32 Å². The number of amides is 1. The molecule has 1 heterocycles. The Hall–Kier alpha value is -1.68. The van der Waals surface area contributed by atoms with Crippen molar-refractivity contribution in [2.24, 2.45) is 0 Å². The van der Waals surface area contributed by atoms with E-state index in [4.69, 9.17) is 0 Å². The van der Waals surface area contributed by atoms with Gasteiger partial charge in [-0.25, -0.2) is 0 Å². The molecule has 19 heavy (non-hydrogen) atoms. The first-order valence-electron chi connectivity index (χ1n) is 6.79. The summed E-state index contributed by atoms with van der Waals surface area (Å²) in [4.78, 5) is 23.1. The van der Waals surface area contributed by atoms with Crippen LogP contribution in [0.1, 0.15) is 43.0 Å². The van der Waals surface area contributed by atoms with Crippen LogP contribution in [-0.4, -0.2) is 24.3 Å². The molecule has 1 aliphatic rings. The Morgan fingerprint density at radius 2 is 2.26 bits per heavy atom. The van der Waals surface area contributed by atoms with Crippen LogP contribution in [0.2, 0.25) is 0 Å². The molecule has 2 rings (SSSR count). The molecule has 0 aliphatic carbocycles. The SMILES string of the molecule is CC(=O)c1cccc(NC(=O)CCC2CCCN2)c1. The van der Waals surface area contributed by atoms with E-state index in [1.165, 1.54) is 13.3 Å². The quantitative estimate of drug-likeness (QED) is 0.799. The van der Waals surface area contributed by atoms with Crippen LogP contribution in [0.15, 0.2) is 24.3 Å². The monoisotopic (exact) mass is 260 g/mol. The predicted octanol–water partition coefficient (Wildman–Crippen LogP) is 2.36. The lowest BCUT2D eigenvalue weighted by Crippen LogP contribution is -2.23. The molecule has 1 atom stereocenters. The third kappa shape index (κ3) is 4.17. The number of hydrogen-bond donors (Lipinski definition) is 2. The summed E-state index contributed by atoms with van der Waals surface area (Å²) in [7, 11) is 0. The van der Waals surface area contributed by atoms with Gasteiger partial charge in [0.25, 0.3) is 0 Å². The van der Waals surface area contributed by atoms with E-state index in [0.717, 1.165) is 19.4 Å². The molecule has 1 fully saturated rings. The Bertz CT molecular complexity index is 465. The summed E-state index contributed by atoms with van der Waals surface area (Å²) < 4.78 is 0. The van der Waals surface area contributed by atoms with Crippen LogP contribution in [0.3, 0.4) is 0 Å². The molecule has 0 saturated carbocycles. The molecule has 4 nitrogen and oxygen atoms in total. The Kier molecular flexibility index (Phi) is 4.68. The van der Waals surface area contributed by atoms with E-state index in [0.29, 0.717) is 23.7 Å². The van der Waals surface area contributed by atoms with Gasteiger partial charge >= 0.3 is 0 Å². The van der Waals surface area contributed by atoms with Crippen LogP contribution >= 0.6 is 0 Å². The molecule has 1 amide bonds. The van der Waals surface area contributed by atoms with Gasteiger partial charge < -0.3 is 10.6 Å². The minimum absolute atomic E-state index is 0.00579. The summed E-state index contributed by atoms with van der Waals surface area (Å²) in [6, 6.07) is 7.53. The highest BCUT2D eigenvalue weighted by Crippen LogP contribution is 2.14. The normalized spacial score (nSPS) is 18.3. The average Bonchev–Trinajstić information content (AvgIpc) is 2.90. The molecule has 1 aliphatic heterocycles. The fraction of sp³-hybridized carbons (Fsp3) is 0.467. The Labute approximate surface area is 113 Å². The molecule has 0 radical (unpaired) electrons. The number of carbonyl (C=O) groups excluding carboxylic acids is 2. The fourth-order valence-corrected chi connectivity index (χ4v) is 2.35. The van der Waals surface area contributed by atoms with Crippen molar-refractivity contribution >= 4 is 17.4 Å². The average molecular weight is 260 g/mol. The van der Waals surface area contributed by atoms with Crippen LogP contribution in [0, 0.1) is 0 Å². The van der Waals surface area contributed by atoms with Crippen LogP contribution in [0.25, 0.3) is 0 Å². The van der Waals surface area contributed by atoms with Crippen LogP contribution < -0.4 is 10.6 Å². The van der Waals surface area contributed by atoms with Crippen molar-refractivity contribution in [3.05, 3.63) is 29.8 Å². The number of rotatable bonds is 5. The van der Waals surface area contributed by atoms with Gasteiger partial charge in [0.05, 0.1) is 0 Å². The minimum atomic E-state index is 0.00579. The molecule has 1 aromatic rings. The topological polar surface area (TPSA) is 58.2 Å². The largest absolute Gasteiger partial charge is 0.326 e. The number of carbonyl (C=O) groups is 2.